The first kappa shape index (κ1) is 18.0. The Bertz CT molecular complexity index is 727. The highest BCUT2D eigenvalue weighted by molar-refractivity contribution is 9.10. The molecule has 1 heterocycles. The molecule has 0 saturated carbocycles. The zero-order valence-corrected chi connectivity index (χ0v) is 15.3. The molecular formula is C16H19BrN4O3. The molecule has 0 saturated heterocycles. The Morgan fingerprint density at radius 3 is 2.50 bits per heavy atom. The number of amides is 2. The van der Waals surface area contributed by atoms with Crippen molar-refractivity contribution in [1.82, 2.24) is 20.6 Å². The molecule has 128 valence electrons. The molecule has 0 spiro atoms. The van der Waals surface area contributed by atoms with E-state index in [4.69, 9.17) is 4.74 Å². The van der Waals surface area contributed by atoms with Crippen LogP contribution in [-0.4, -0.2) is 27.7 Å². The lowest BCUT2D eigenvalue weighted by molar-refractivity contribution is -0.133. The van der Waals surface area contributed by atoms with E-state index in [1.807, 2.05) is 32.0 Å². The second-order valence-electron chi connectivity index (χ2n) is 5.34. The van der Waals surface area contributed by atoms with E-state index in [1.54, 1.807) is 23.7 Å². The van der Waals surface area contributed by atoms with E-state index in [2.05, 4.69) is 31.9 Å². The number of hydrogen-bond acceptors (Lipinski definition) is 4. The second kappa shape index (κ2) is 7.96. The second-order valence-corrected chi connectivity index (χ2v) is 6.25. The van der Waals surface area contributed by atoms with Crippen molar-refractivity contribution in [3.8, 4) is 5.75 Å². The minimum absolute atomic E-state index is 0.0297. The van der Waals surface area contributed by atoms with Gasteiger partial charge in [0, 0.05) is 10.2 Å². The Kier molecular flexibility index (Phi) is 5.97. The zero-order chi connectivity index (χ0) is 17.7. The minimum atomic E-state index is -0.750. The van der Waals surface area contributed by atoms with Crippen LogP contribution in [0.4, 0.5) is 0 Å². The molecule has 2 aromatic rings. The molecule has 7 nitrogen and oxygen atoms in total. The van der Waals surface area contributed by atoms with Crippen molar-refractivity contribution >= 4 is 27.7 Å². The Labute approximate surface area is 148 Å². The topological polar surface area (TPSA) is 85.2 Å². The third kappa shape index (κ3) is 5.09. The van der Waals surface area contributed by atoms with Gasteiger partial charge >= 0.3 is 0 Å². The van der Waals surface area contributed by atoms with Gasteiger partial charge in [0.1, 0.15) is 12.3 Å². The number of hydrazine groups is 1. The molecule has 8 heteroatoms. The van der Waals surface area contributed by atoms with E-state index in [9.17, 15) is 9.59 Å². The van der Waals surface area contributed by atoms with Crippen molar-refractivity contribution in [3.05, 3.63) is 46.2 Å². The largest absolute Gasteiger partial charge is 0.481 e. The standard InChI is InChI=1S/C16H19BrN4O3/c1-10-8-11(2)21(20-10)9-15(22)18-19-16(23)12(3)24-14-6-4-13(17)5-7-14/h4-8,12H,9H2,1-3H3,(H,18,22)(H,19,23)/t12-/m1/s1. The van der Waals surface area contributed by atoms with Crippen LogP contribution in [0.5, 0.6) is 5.75 Å². The van der Waals surface area contributed by atoms with Crippen LogP contribution in [0.1, 0.15) is 18.3 Å². The van der Waals surface area contributed by atoms with E-state index in [1.165, 1.54) is 0 Å². The molecule has 2 rings (SSSR count). The number of nitrogens with zero attached hydrogens (tertiary/aromatic N) is 2. The fourth-order valence-corrected chi connectivity index (χ4v) is 2.28. The van der Waals surface area contributed by atoms with Gasteiger partial charge in [0.2, 0.25) is 0 Å². The first-order chi connectivity index (χ1) is 11.3. The van der Waals surface area contributed by atoms with Crippen LogP contribution < -0.4 is 15.6 Å². The molecular weight excluding hydrogens is 376 g/mol. The maximum absolute atomic E-state index is 12.0. The molecule has 0 aliphatic heterocycles. The highest BCUT2D eigenvalue weighted by Gasteiger charge is 2.16. The number of benzene rings is 1. The number of carbonyl (C=O) groups excluding carboxylic acids is 2. The van der Waals surface area contributed by atoms with Gasteiger partial charge in [-0.2, -0.15) is 5.10 Å². The van der Waals surface area contributed by atoms with E-state index >= 15 is 0 Å². The van der Waals surface area contributed by atoms with E-state index in [-0.39, 0.29) is 12.5 Å². The molecule has 1 aromatic carbocycles. The molecule has 0 bridgehead atoms. The van der Waals surface area contributed by atoms with E-state index in [0.717, 1.165) is 15.9 Å². The number of halogens is 1. The quantitative estimate of drug-likeness (QED) is 0.758. The van der Waals surface area contributed by atoms with Gasteiger partial charge in [0.15, 0.2) is 6.10 Å². The first-order valence-corrected chi connectivity index (χ1v) is 8.16. The maximum atomic E-state index is 12.0. The van der Waals surface area contributed by atoms with Crippen LogP contribution in [0.15, 0.2) is 34.8 Å². The average molecular weight is 395 g/mol. The average Bonchev–Trinajstić information content (AvgIpc) is 2.84. The lowest BCUT2D eigenvalue weighted by Gasteiger charge is -2.15. The summed E-state index contributed by atoms with van der Waals surface area (Å²) in [6, 6.07) is 9.00. The van der Waals surface area contributed by atoms with Crippen molar-refractivity contribution in [3.63, 3.8) is 0 Å². The third-order valence-electron chi connectivity index (χ3n) is 3.22. The van der Waals surface area contributed by atoms with Crippen molar-refractivity contribution in [2.45, 2.75) is 33.4 Å². The van der Waals surface area contributed by atoms with Gasteiger partial charge in [-0.05, 0) is 51.1 Å². The molecule has 0 radical (unpaired) electrons. The summed E-state index contributed by atoms with van der Waals surface area (Å²) in [5.41, 5.74) is 6.41. The van der Waals surface area contributed by atoms with Crippen molar-refractivity contribution in [2.24, 2.45) is 0 Å². The van der Waals surface area contributed by atoms with Crippen LogP contribution >= 0.6 is 15.9 Å². The molecule has 2 amide bonds. The Hall–Kier alpha value is -2.35. The number of aryl methyl sites for hydroxylation is 2. The Morgan fingerprint density at radius 2 is 1.92 bits per heavy atom. The van der Waals surface area contributed by atoms with Crippen molar-refractivity contribution < 1.29 is 14.3 Å². The monoisotopic (exact) mass is 394 g/mol. The Balaban J connectivity index is 1.80. The molecule has 2 N–H and O–H groups in total. The number of nitrogens with one attached hydrogen (secondary N) is 2. The van der Waals surface area contributed by atoms with Gasteiger partial charge in [-0.25, -0.2) is 0 Å². The minimum Gasteiger partial charge on any atom is -0.481 e. The van der Waals surface area contributed by atoms with Crippen LogP contribution in [0.25, 0.3) is 0 Å². The number of hydrogen-bond donors (Lipinski definition) is 2. The van der Waals surface area contributed by atoms with Crippen LogP contribution in [0, 0.1) is 13.8 Å². The molecule has 1 aromatic heterocycles. The summed E-state index contributed by atoms with van der Waals surface area (Å²) in [6.07, 6.45) is -0.750. The Morgan fingerprint density at radius 1 is 1.25 bits per heavy atom. The molecule has 0 aliphatic rings. The smallest absolute Gasteiger partial charge is 0.279 e. The molecule has 1 atom stereocenters. The summed E-state index contributed by atoms with van der Waals surface area (Å²) < 4.78 is 7.99. The lowest BCUT2D eigenvalue weighted by atomic mass is 10.3. The number of rotatable bonds is 5. The maximum Gasteiger partial charge on any atom is 0.279 e. The number of aromatic nitrogens is 2. The van der Waals surface area contributed by atoms with Gasteiger partial charge in [-0.15, -0.1) is 0 Å². The number of ether oxygens (including phenoxy) is 1. The predicted molar refractivity (Wildman–Crippen MR) is 92.2 cm³/mol. The highest BCUT2D eigenvalue weighted by atomic mass is 79.9. The van der Waals surface area contributed by atoms with E-state index < -0.39 is 12.0 Å². The van der Waals surface area contributed by atoms with Gasteiger partial charge < -0.3 is 4.74 Å². The predicted octanol–water partition coefficient (Wildman–Crippen LogP) is 1.88. The van der Waals surface area contributed by atoms with Gasteiger partial charge in [-0.3, -0.25) is 25.1 Å². The lowest BCUT2D eigenvalue weighted by Crippen LogP contribution is -2.48. The fraction of sp³-hybridized carbons (Fsp3) is 0.312. The zero-order valence-electron chi connectivity index (χ0n) is 13.7. The van der Waals surface area contributed by atoms with Gasteiger partial charge in [0.05, 0.1) is 5.69 Å². The highest BCUT2D eigenvalue weighted by Crippen LogP contribution is 2.17. The summed E-state index contributed by atoms with van der Waals surface area (Å²) >= 11 is 3.33. The van der Waals surface area contributed by atoms with Crippen molar-refractivity contribution in [1.29, 1.82) is 0 Å². The molecule has 0 fully saturated rings. The van der Waals surface area contributed by atoms with Crippen LogP contribution in [0.3, 0.4) is 0 Å². The summed E-state index contributed by atoms with van der Waals surface area (Å²) in [7, 11) is 0. The van der Waals surface area contributed by atoms with Crippen LogP contribution in [-0.2, 0) is 16.1 Å². The normalized spacial score (nSPS) is 11.7. The summed E-state index contributed by atoms with van der Waals surface area (Å²) in [5.74, 6) is -0.250. The summed E-state index contributed by atoms with van der Waals surface area (Å²) in [6.45, 7) is 5.34. The molecule has 0 aliphatic carbocycles. The first-order valence-electron chi connectivity index (χ1n) is 7.37. The SMILES string of the molecule is Cc1cc(C)n(CC(=O)NNC(=O)[C@@H](C)Oc2ccc(Br)cc2)n1. The van der Waals surface area contributed by atoms with Crippen LogP contribution in [0.2, 0.25) is 0 Å². The van der Waals surface area contributed by atoms with Gasteiger partial charge in [0.25, 0.3) is 11.8 Å². The number of carbonyl (C=O) groups is 2. The van der Waals surface area contributed by atoms with Crippen molar-refractivity contribution in [2.75, 3.05) is 0 Å². The third-order valence-corrected chi connectivity index (χ3v) is 3.75. The van der Waals surface area contributed by atoms with Gasteiger partial charge in [-0.1, -0.05) is 15.9 Å². The molecule has 24 heavy (non-hydrogen) atoms. The fourth-order valence-electron chi connectivity index (χ4n) is 2.01. The summed E-state index contributed by atoms with van der Waals surface area (Å²) in [5, 5.41) is 4.19. The molecule has 0 unspecified atom stereocenters. The van der Waals surface area contributed by atoms with E-state index in [0.29, 0.717) is 5.75 Å². The summed E-state index contributed by atoms with van der Waals surface area (Å²) in [4.78, 5) is 23.8.